The molecule has 0 saturated carbocycles. The van der Waals surface area contributed by atoms with Crippen LogP contribution in [0.15, 0.2) is 56.8 Å². The van der Waals surface area contributed by atoms with Gasteiger partial charge in [0.05, 0.1) is 18.0 Å². The van der Waals surface area contributed by atoms with E-state index in [-0.39, 0.29) is 0 Å². The van der Waals surface area contributed by atoms with E-state index in [4.69, 9.17) is 9.73 Å². The predicted molar refractivity (Wildman–Crippen MR) is 99.8 cm³/mol. The topological polar surface area (TPSA) is 58.9 Å². The monoisotopic (exact) mass is 405 g/mol. The lowest BCUT2D eigenvalue weighted by Gasteiger charge is -2.11. The molecule has 6 heteroatoms. The molecule has 0 saturated heterocycles. The van der Waals surface area contributed by atoms with Crippen molar-refractivity contribution in [2.24, 2.45) is 4.99 Å². The smallest absolute Gasteiger partial charge is 0.317 e. The van der Waals surface area contributed by atoms with Crippen LogP contribution in [0.2, 0.25) is 0 Å². The molecule has 1 atom stereocenters. The summed E-state index contributed by atoms with van der Waals surface area (Å²) in [5.41, 5.74) is 2.50. The lowest BCUT2D eigenvalue weighted by atomic mass is 10.1. The highest BCUT2D eigenvalue weighted by Gasteiger charge is 2.26. The van der Waals surface area contributed by atoms with E-state index < -0.39 is 11.2 Å². The van der Waals surface area contributed by atoms with Crippen LogP contribution in [-0.4, -0.2) is 28.6 Å². The molecule has 0 aliphatic carbocycles. The van der Waals surface area contributed by atoms with Crippen molar-refractivity contribution in [3.8, 4) is 5.75 Å². The first-order chi connectivity index (χ1) is 11.6. The molecule has 0 radical (unpaired) electrons. The molecule has 3 rings (SSSR count). The Morgan fingerprint density at radius 2 is 2.08 bits per heavy atom. The van der Waals surface area contributed by atoms with Crippen LogP contribution < -0.4 is 4.74 Å². The SMILES string of the molecule is CCOc1ccc2c(c1)S[C@H](C(=O)O)CC(c1ccc(Br)cc1)=N2. The Labute approximate surface area is 153 Å². The zero-order chi connectivity index (χ0) is 17.1. The Balaban J connectivity index is 2.05. The van der Waals surface area contributed by atoms with Gasteiger partial charge in [0.15, 0.2) is 0 Å². The van der Waals surface area contributed by atoms with Crippen LogP contribution in [0.1, 0.15) is 18.9 Å². The standard InChI is InChI=1S/C18H16BrNO3S/c1-2-23-13-7-8-14-16(9-13)24-17(18(21)22)10-15(20-14)11-3-5-12(19)6-4-11/h3-9,17H,2,10H2,1H3,(H,21,22)/t17-/m0/s1. The van der Waals surface area contributed by atoms with Gasteiger partial charge in [0.1, 0.15) is 11.0 Å². The van der Waals surface area contributed by atoms with Gasteiger partial charge in [-0.05, 0) is 42.8 Å². The molecule has 1 aliphatic rings. The number of hydrogen-bond acceptors (Lipinski definition) is 4. The fourth-order valence-electron chi connectivity index (χ4n) is 2.46. The summed E-state index contributed by atoms with van der Waals surface area (Å²) in [4.78, 5) is 17.2. The molecular weight excluding hydrogens is 390 g/mol. The van der Waals surface area contributed by atoms with Gasteiger partial charge < -0.3 is 9.84 Å². The third-order valence-electron chi connectivity index (χ3n) is 3.60. The van der Waals surface area contributed by atoms with Gasteiger partial charge in [-0.15, -0.1) is 11.8 Å². The van der Waals surface area contributed by atoms with Gasteiger partial charge in [-0.2, -0.15) is 0 Å². The molecule has 0 fully saturated rings. The third-order valence-corrected chi connectivity index (χ3v) is 5.36. The van der Waals surface area contributed by atoms with Crippen molar-refractivity contribution >= 4 is 45.1 Å². The van der Waals surface area contributed by atoms with E-state index in [0.29, 0.717) is 13.0 Å². The quantitative estimate of drug-likeness (QED) is 0.783. The van der Waals surface area contributed by atoms with Crippen LogP contribution in [0, 0.1) is 0 Å². The highest BCUT2D eigenvalue weighted by Crippen LogP contribution is 2.40. The number of hydrogen-bond donors (Lipinski definition) is 1. The van der Waals surface area contributed by atoms with Crippen molar-refractivity contribution in [3.63, 3.8) is 0 Å². The molecule has 2 aromatic rings. The number of ether oxygens (including phenoxy) is 1. The van der Waals surface area contributed by atoms with Gasteiger partial charge in [0, 0.05) is 15.8 Å². The summed E-state index contributed by atoms with van der Waals surface area (Å²) >= 11 is 4.74. The summed E-state index contributed by atoms with van der Waals surface area (Å²) in [5, 5.41) is 8.98. The number of thioether (sulfide) groups is 1. The Kier molecular flexibility index (Phi) is 5.26. The van der Waals surface area contributed by atoms with E-state index >= 15 is 0 Å². The number of aliphatic imine (C=N–C) groups is 1. The van der Waals surface area contributed by atoms with Crippen molar-refractivity contribution in [1.82, 2.24) is 0 Å². The Morgan fingerprint density at radius 1 is 1.33 bits per heavy atom. The van der Waals surface area contributed by atoms with Gasteiger partial charge in [-0.3, -0.25) is 9.79 Å². The molecule has 1 aliphatic heterocycles. The molecule has 0 aromatic heterocycles. The van der Waals surface area contributed by atoms with Crippen molar-refractivity contribution in [2.45, 2.75) is 23.5 Å². The molecule has 124 valence electrons. The highest BCUT2D eigenvalue weighted by molar-refractivity contribution is 9.10. The van der Waals surface area contributed by atoms with Crippen LogP contribution >= 0.6 is 27.7 Å². The second kappa shape index (κ2) is 7.40. The van der Waals surface area contributed by atoms with E-state index in [9.17, 15) is 9.90 Å². The second-order valence-electron chi connectivity index (χ2n) is 5.28. The Hall–Kier alpha value is -1.79. The molecule has 0 amide bonds. The minimum atomic E-state index is -0.834. The maximum absolute atomic E-state index is 11.6. The lowest BCUT2D eigenvalue weighted by molar-refractivity contribution is -0.136. The van der Waals surface area contributed by atoms with E-state index in [1.807, 2.05) is 49.4 Å². The molecule has 0 spiro atoms. The van der Waals surface area contributed by atoms with Crippen molar-refractivity contribution < 1.29 is 14.6 Å². The number of carbonyl (C=O) groups is 1. The first-order valence-electron chi connectivity index (χ1n) is 7.56. The van der Waals surface area contributed by atoms with E-state index in [1.165, 1.54) is 11.8 Å². The fourth-order valence-corrected chi connectivity index (χ4v) is 3.79. The predicted octanol–water partition coefficient (Wildman–Crippen LogP) is 4.92. The van der Waals surface area contributed by atoms with Gasteiger partial charge >= 0.3 is 5.97 Å². The molecule has 24 heavy (non-hydrogen) atoms. The summed E-state index contributed by atoms with van der Waals surface area (Å²) in [6.07, 6.45) is 0.375. The second-order valence-corrected chi connectivity index (χ2v) is 7.44. The third kappa shape index (κ3) is 3.82. The van der Waals surface area contributed by atoms with Gasteiger partial charge in [0.2, 0.25) is 0 Å². The molecule has 1 N–H and O–H groups in total. The number of benzene rings is 2. The van der Waals surface area contributed by atoms with Crippen LogP contribution in [0.25, 0.3) is 0 Å². The molecule has 0 unspecified atom stereocenters. The van der Waals surface area contributed by atoms with E-state index in [0.717, 1.165) is 32.1 Å². The minimum absolute atomic E-state index is 0.375. The zero-order valence-corrected chi connectivity index (χ0v) is 15.4. The number of halogens is 1. The highest BCUT2D eigenvalue weighted by atomic mass is 79.9. The number of nitrogens with zero attached hydrogens (tertiary/aromatic N) is 1. The van der Waals surface area contributed by atoms with Gasteiger partial charge in [-0.25, -0.2) is 0 Å². The number of carboxylic acid groups (broad SMARTS) is 1. The normalized spacial score (nSPS) is 16.8. The van der Waals surface area contributed by atoms with Gasteiger partial charge in [-0.1, -0.05) is 28.1 Å². The van der Waals surface area contributed by atoms with Crippen LogP contribution in [-0.2, 0) is 4.79 Å². The summed E-state index contributed by atoms with van der Waals surface area (Å²) in [7, 11) is 0. The Morgan fingerprint density at radius 3 is 2.75 bits per heavy atom. The van der Waals surface area contributed by atoms with E-state index in [1.54, 1.807) is 0 Å². The van der Waals surface area contributed by atoms with Crippen molar-refractivity contribution in [1.29, 1.82) is 0 Å². The lowest BCUT2D eigenvalue weighted by Crippen LogP contribution is -2.20. The number of aliphatic carboxylic acids is 1. The largest absolute Gasteiger partial charge is 0.494 e. The maximum atomic E-state index is 11.6. The van der Waals surface area contributed by atoms with Gasteiger partial charge in [0.25, 0.3) is 0 Å². The number of carboxylic acids is 1. The minimum Gasteiger partial charge on any atom is -0.494 e. The Bertz CT molecular complexity index is 789. The number of rotatable bonds is 4. The van der Waals surface area contributed by atoms with Crippen LogP contribution in [0.4, 0.5) is 5.69 Å². The van der Waals surface area contributed by atoms with Crippen LogP contribution in [0.3, 0.4) is 0 Å². The average molecular weight is 406 g/mol. The summed E-state index contributed by atoms with van der Waals surface area (Å²) in [6, 6.07) is 13.4. The first kappa shape index (κ1) is 17.0. The van der Waals surface area contributed by atoms with Crippen molar-refractivity contribution in [3.05, 3.63) is 52.5 Å². The average Bonchev–Trinajstić information content (AvgIpc) is 2.75. The molecular formula is C18H16BrNO3S. The first-order valence-corrected chi connectivity index (χ1v) is 9.24. The maximum Gasteiger partial charge on any atom is 0.317 e. The molecule has 2 aromatic carbocycles. The summed E-state index contributed by atoms with van der Waals surface area (Å²) in [5.74, 6) is -0.102. The van der Waals surface area contributed by atoms with Crippen molar-refractivity contribution in [2.75, 3.05) is 6.61 Å². The summed E-state index contributed by atoms with van der Waals surface area (Å²) < 4.78 is 6.50. The molecule has 0 bridgehead atoms. The summed E-state index contributed by atoms with van der Waals surface area (Å²) in [6.45, 7) is 2.49. The fraction of sp³-hybridized carbons (Fsp3) is 0.222. The van der Waals surface area contributed by atoms with Crippen LogP contribution in [0.5, 0.6) is 5.75 Å². The number of fused-ring (bicyclic) bond motifs is 1. The zero-order valence-electron chi connectivity index (χ0n) is 13.0. The van der Waals surface area contributed by atoms with E-state index in [2.05, 4.69) is 15.9 Å². The molecule has 4 nitrogen and oxygen atoms in total. The molecule has 1 heterocycles.